The quantitative estimate of drug-likeness (QED) is 0.874. The Hall–Kier alpha value is -1.40. The van der Waals surface area contributed by atoms with Gasteiger partial charge in [0.05, 0.1) is 10.5 Å². The minimum Gasteiger partial charge on any atom is -0.478 e. The van der Waals surface area contributed by atoms with Gasteiger partial charge in [-0.25, -0.2) is 17.9 Å². The fourth-order valence-electron chi connectivity index (χ4n) is 1.64. The molecular formula is C14H21NO4S. The lowest BCUT2D eigenvalue weighted by Crippen LogP contribution is -2.27. The van der Waals surface area contributed by atoms with Crippen molar-refractivity contribution in [3.05, 3.63) is 29.3 Å². The van der Waals surface area contributed by atoms with E-state index in [1.54, 1.807) is 6.92 Å². The maximum absolute atomic E-state index is 12.1. The van der Waals surface area contributed by atoms with E-state index in [9.17, 15) is 13.2 Å². The van der Waals surface area contributed by atoms with Crippen molar-refractivity contribution in [2.45, 2.75) is 39.0 Å². The number of hydrogen-bond donors (Lipinski definition) is 2. The van der Waals surface area contributed by atoms with Crippen LogP contribution < -0.4 is 4.72 Å². The second-order valence-corrected chi connectivity index (χ2v) is 7.76. The lowest BCUT2D eigenvalue weighted by molar-refractivity contribution is 0.0696. The lowest BCUT2D eigenvalue weighted by atomic mass is 9.93. The number of hydrogen-bond acceptors (Lipinski definition) is 3. The van der Waals surface area contributed by atoms with Crippen LogP contribution in [-0.4, -0.2) is 26.0 Å². The predicted molar refractivity (Wildman–Crippen MR) is 77.4 cm³/mol. The van der Waals surface area contributed by atoms with Gasteiger partial charge in [-0.05, 0) is 36.5 Å². The van der Waals surface area contributed by atoms with E-state index in [2.05, 4.69) is 4.72 Å². The maximum atomic E-state index is 12.1. The number of nitrogens with one attached hydrogen (secondary N) is 1. The van der Waals surface area contributed by atoms with Gasteiger partial charge in [-0.2, -0.15) is 0 Å². The summed E-state index contributed by atoms with van der Waals surface area (Å²) in [6.07, 6.45) is 0.698. The highest BCUT2D eigenvalue weighted by Crippen LogP contribution is 2.19. The van der Waals surface area contributed by atoms with Crippen molar-refractivity contribution in [3.8, 4) is 0 Å². The van der Waals surface area contributed by atoms with E-state index in [0.717, 1.165) is 0 Å². The summed E-state index contributed by atoms with van der Waals surface area (Å²) >= 11 is 0. The molecule has 20 heavy (non-hydrogen) atoms. The summed E-state index contributed by atoms with van der Waals surface area (Å²) in [6, 6.07) is 4.11. The summed E-state index contributed by atoms with van der Waals surface area (Å²) in [7, 11) is -3.67. The van der Waals surface area contributed by atoms with Gasteiger partial charge in [0.1, 0.15) is 0 Å². The second-order valence-electron chi connectivity index (χ2n) is 5.99. The molecule has 0 radical (unpaired) electrons. The largest absolute Gasteiger partial charge is 0.478 e. The molecule has 0 bridgehead atoms. The van der Waals surface area contributed by atoms with Gasteiger partial charge >= 0.3 is 5.97 Å². The lowest BCUT2D eigenvalue weighted by Gasteiger charge is -2.18. The Kier molecular flexibility index (Phi) is 4.94. The van der Waals surface area contributed by atoms with Crippen molar-refractivity contribution in [3.63, 3.8) is 0 Å². The number of sulfonamides is 1. The first-order valence-corrected chi connectivity index (χ1v) is 7.85. The standard InChI is InChI=1S/C14H21NO4S/c1-10-5-6-11(9-12(10)13(16)17)20(18,19)15-8-7-14(2,3)4/h5-6,9,15H,7-8H2,1-4H3,(H,16,17). The number of aryl methyl sites for hydroxylation is 1. The molecule has 0 amide bonds. The minimum atomic E-state index is -3.67. The fraction of sp³-hybridized carbons (Fsp3) is 0.500. The van der Waals surface area contributed by atoms with Gasteiger partial charge in [-0.15, -0.1) is 0 Å². The summed E-state index contributed by atoms with van der Waals surface area (Å²) in [5.74, 6) is -1.13. The molecule has 0 saturated heterocycles. The third-order valence-corrected chi connectivity index (χ3v) is 4.38. The molecule has 0 spiro atoms. The topological polar surface area (TPSA) is 83.5 Å². The van der Waals surface area contributed by atoms with Gasteiger partial charge in [0, 0.05) is 6.54 Å². The number of carbonyl (C=O) groups is 1. The number of carboxylic acid groups (broad SMARTS) is 1. The van der Waals surface area contributed by atoms with Gasteiger partial charge in [-0.3, -0.25) is 0 Å². The van der Waals surface area contributed by atoms with E-state index in [1.807, 2.05) is 20.8 Å². The van der Waals surface area contributed by atoms with Crippen LogP contribution in [0, 0.1) is 12.3 Å². The van der Waals surface area contributed by atoms with Crippen molar-refractivity contribution in [1.29, 1.82) is 0 Å². The van der Waals surface area contributed by atoms with Gasteiger partial charge in [0.15, 0.2) is 0 Å². The van der Waals surface area contributed by atoms with Gasteiger partial charge in [0.2, 0.25) is 10.0 Å². The molecule has 112 valence electrons. The van der Waals surface area contributed by atoms with Crippen LogP contribution in [0.1, 0.15) is 43.1 Å². The zero-order valence-corrected chi connectivity index (χ0v) is 13.0. The molecule has 1 aromatic carbocycles. The first kappa shape index (κ1) is 16.7. The smallest absolute Gasteiger partial charge is 0.335 e. The molecule has 6 heteroatoms. The summed E-state index contributed by atoms with van der Waals surface area (Å²) < 4.78 is 26.7. The fourth-order valence-corrected chi connectivity index (χ4v) is 2.70. The highest BCUT2D eigenvalue weighted by atomic mass is 32.2. The molecule has 0 heterocycles. The summed E-state index contributed by atoms with van der Waals surface area (Å²) in [5, 5.41) is 9.02. The second kappa shape index (κ2) is 5.93. The van der Waals surface area contributed by atoms with Crippen molar-refractivity contribution >= 4 is 16.0 Å². The molecule has 1 aromatic rings. The average Bonchev–Trinajstić information content (AvgIpc) is 2.26. The van der Waals surface area contributed by atoms with Gasteiger partial charge in [-0.1, -0.05) is 26.8 Å². The van der Waals surface area contributed by atoms with E-state index >= 15 is 0 Å². The van der Waals surface area contributed by atoms with Crippen LogP contribution in [0.25, 0.3) is 0 Å². The highest BCUT2D eigenvalue weighted by molar-refractivity contribution is 7.89. The molecule has 0 aliphatic heterocycles. The molecule has 5 nitrogen and oxygen atoms in total. The van der Waals surface area contributed by atoms with Crippen molar-refractivity contribution in [2.24, 2.45) is 5.41 Å². The Morgan fingerprint density at radius 3 is 2.40 bits per heavy atom. The molecule has 0 aromatic heterocycles. The van der Waals surface area contributed by atoms with Crippen LogP contribution in [0.4, 0.5) is 0 Å². The highest BCUT2D eigenvalue weighted by Gasteiger charge is 2.18. The van der Waals surface area contributed by atoms with Gasteiger partial charge < -0.3 is 5.11 Å². The Morgan fingerprint density at radius 2 is 1.90 bits per heavy atom. The van der Waals surface area contributed by atoms with E-state index < -0.39 is 16.0 Å². The third-order valence-electron chi connectivity index (χ3n) is 2.92. The average molecular weight is 299 g/mol. The summed E-state index contributed by atoms with van der Waals surface area (Å²) in [5.41, 5.74) is 0.567. The molecule has 0 fully saturated rings. The van der Waals surface area contributed by atoms with Gasteiger partial charge in [0.25, 0.3) is 0 Å². The molecule has 2 N–H and O–H groups in total. The SMILES string of the molecule is Cc1ccc(S(=O)(=O)NCCC(C)(C)C)cc1C(=O)O. The van der Waals surface area contributed by atoms with E-state index in [-0.39, 0.29) is 15.9 Å². The number of carboxylic acids is 1. The van der Waals surface area contributed by atoms with Crippen LogP contribution in [-0.2, 0) is 10.0 Å². The van der Waals surface area contributed by atoms with Crippen LogP contribution in [0.2, 0.25) is 0 Å². The Balaban J connectivity index is 2.93. The van der Waals surface area contributed by atoms with E-state index in [1.165, 1.54) is 18.2 Å². The summed E-state index contributed by atoms with van der Waals surface area (Å²) in [4.78, 5) is 11.0. The predicted octanol–water partition coefficient (Wildman–Crippen LogP) is 2.41. The summed E-state index contributed by atoms with van der Waals surface area (Å²) in [6.45, 7) is 8.02. The van der Waals surface area contributed by atoms with E-state index in [0.29, 0.717) is 18.5 Å². The molecular weight excluding hydrogens is 278 g/mol. The molecule has 0 saturated carbocycles. The zero-order valence-electron chi connectivity index (χ0n) is 12.2. The Labute approximate surface area is 120 Å². The van der Waals surface area contributed by atoms with Crippen molar-refractivity contribution < 1.29 is 18.3 Å². The number of benzene rings is 1. The third kappa shape index (κ3) is 4.61. The Morgan fingerprint density at radius 1 is 1.30 bits per heavy atom. The minimum absolute atomic E-state index is 0.00342. The molecule has 0 aliphatic rings. The Bertz CT molecular complexity index is 600. The van der Waals surface area contributed by atoms with Crippen molar-refractivity contribution in [1.82, 2.24) is 4.72 Å². The van der Waals surface area contributed by atoms with Crippen LogP contribution in [0.5, 0.6) is 0 Å². The van der Waals surface area contributed by atoms with Crippen LogP contribution in [0.15, 0.2) is 23.1 Å². The van der Waals surface area contributed by atoms with E-state index in [4.69, 9.17) is 5.11 Å². The monoisotopic (exact) mass is 299 g/mol. The maximum Gasteiger partial charge on any atom is 0.335 e. The van der Waals surface area contributed by atoms with Crippen LogP contribution in [0.3, 0.4) is 0 Å². The number of aromatic carboxylic acids is 1. The number of rotatable bonds is 5. The zero-order chi connectivity index (χ0) is 15.6. The molecule has 0 unspecified atom stereocenters. The molecule has 1 rings (SSSR count). The molecule has 0 atom stereocenters. The first-order valence-electron chi connectivity index (χ1n) is 6.36. The first-order chi connectivity index (χ1) is 9.03. The normalized spacial score (nSPS) is 12.4. The van der Waals surface area contributed by atoms with Crippen molar-refractivity contribution in [2.75, 3.05) is 6.54 Å². The molecule has 0 aliphatic carbocycles. The van der Waals surface area contributed by atoms with Crippen LogP contribution >= 0.6 is 0 Å².